The van der Waals surface area contributed by atoms with Gasteiger partial charge in [0, 0.05) is 26.2 Å². The maximum absolute atomic E-state index is 12.6. The normalized spacial score (nSPS) is 16.7. The predicted molar refractivity (Wildman–Crippen MR) is 87.0 cm³/mol. The average Bonchev–Trinajstić information content (AvgIpc) is 2.54. The molecule has 24 heavy (non-hydrogen) atoms. The molecule has 0 aromatic heterocycles. The fourth-order valence-corrected chi connectivity index (χ4v) is 3.84. The van der Waals surface area contributed by atoms with Crippen molar-refractivity contribution in [3.05, 3.63) is 29.8 Å². The molecule has 1 aromatic carbocycles. The SMILES string of the molecule is Cc1ccc(S(=O)(=O)N2CCN(CC(=O)NCC(=O)O)CC2)cc1. The van der Waals surface area contributed by atoms with Crippen molar-refractivity contribution in [1.82, 2.24) is 14.5 Å². The van der Waals surface area contributed by atoms with Gasteiger partial charge in [0.25, 0.3) is 0 Å². The van der Waals surface area contributed by atoms with E-state index in [4.69, 9.17) is 5.11 Å². The van der Waals surface area contributed by atoms with Crippen LogP contribution in [0.3, 0.4) is 0 Å². The van der Waals surface area contributed by atoms with Crippen LogP contribution in [-0.2, 0) is 19.6 Å². The van der Waals surface area contributed by atoms with E-state index in [1.165, 1.54) is 4.31 Å². The second-order valence-corrected chi connectivity index (χ2v) is 7.60. The molecule has 0 atom stereocenters. The van der Waals surface area contributed by atoms with Gasteiger partial charge in [0.05, 0.1) is 11.4 Å². The van der Waals surface area contributed by atoms with Crippen LogP contribution in [0.2, 0.25) is 0 Å². The molecule has 1 amide bonds. The van der Waals surface area contributed by atoms with Crippen LogP contribution in [0.5, 0.6) is 0 Å². The van der Waals surface area contributed by atoms with Crippen molar-refractivity contribution in [2.75, 3.05) is 39.3 Å². The van der Waals surface area contributed by atoms with Crippen molar-refractivity contribution in [3.63, 3.8) is 0 Å². The molecule has 1 aliphatic heterocycles. The third-order valence-corrected chi connectivity index (χ3v) is 5.71. The van der Waals surface area contributed by atoms with Crippen LogP contribution >= 0.6 is 0 Å². The van der Waals surface area contributed by atoms with E-state index in [9.17, 15) is 18.0 Å². The number of benzene rings is 1. The quantitative estimate of drug-likeness (QED) is 0.713. The highest BCUT2D eigenvalue weighted by atomic mass is 32.2. The summed E-state index contributed by atoms with van der Waals surface area (Å²) in [5.41, 5.74) is 0.992. The van der Waals surface area contributed by atoms with E-state index in [0.717, 1.165) is 5.56 Å². The Bertz CT molecular complexity index is 694. The molecule has 1 saturated heterocycles. The molecule has 1 heterocycles. The van der Waals surface area contributed by atoms with Gasteiger partial charge in [-0.25, -0.2) is 8.42 Å². The highest BCUT2D eigenvalue weighted by molar-refractivity contribution is 7.89. The maximum Gasteiger partial charge on any atom is 0.322 e. The van der Waals surface area contributed by atoms with Crippen molar-refractivity contribution >= 4 is 21.9 Å². The van der Waals surface area contributed by atoms with Gasteiger partial charge in [-0.05, 0) is 19.1 Å². The standard InChI is InChI=1S/C15H21N3O5S/c1-12-2-4-13(5-3-12)24(22,23)18-8-6-17(7-9-18)11-14(19)16-10-15(20)21/h2-5H,6-11H2,1H3,(H,16,19)(H,20,21). The third-order valence-electron chi connectivity index (χ3n) is 3.79. The van der Waals surface area contributed by atoms with Gasteiger partial charge < -0.3 is 10.4 Å². The lowest BCUT2D eigenvalue weighted by Gasteiger charge is -2.33. The fraction of sp³-hybridized carbons (Fsp3) is 0.467. The number of hydrogen-bond acceptors (Lipinski definition) is 5. The first-order chi connectivity index (χ1) is 11.3. The lowest BCUT2D eigenvalue weighted by atomic mass is 10.2. The molecule has 0 radical (unpaired) electrons. The molecule has 1 fully saturated rings. The zero-order valence-electron chi connectivity index (χ0n) is 13.4. The summed E-state index contributed by atoms with van der Waals surface area (Å²) >= 11 is 0. The Balaban J connectivity index is 1.89. The topological polar surface area (TPSA) is 107 Å². The zero-order chi connectivity index (χ0) is 17.7. The Kier molecular flexibility index (Phi) is 5.92. The number of hydrogen-bond donors (Lipinski definition) is 2. The number of nitrogens with zero attached hydrogens (tertiary/aromatic N) is 2. The number of sulfonamides is 1. The van der Waals surface area contributed by atoms with Gasteiger partial charge in [-0.1, -0.05) is 17.7 Å². The lowest BCUT2D eigenvalue weighted by Crippen LogP contribution is -2.51. The Morgan fingerprint density at radius 1 is 1.12 bits per heavy atom. The van der Waals surface area contributed by atoms with Gasteiger partial charge in [-0.2, -0.15) is 4.31 Å². The minimum atomic E-state index is -3.52. The number of amides is 1. The minimum Gasteiger partial charge on any atom is -0.480 e. The van der Waals surface area contributed by atoms with E-state index in [1.54, 1.807) is 29.2 Å². The smallest absolute Gasteiger partial charge is 0.322 e. The Morgan fingerprint density at radius 2 is 1.71 bits per heavy atom. The number of aryl methyl sites for hydroxylation is 1. The molecule has 132 valence electrons. The van der Waals surface area contributed by atoms with E-state index >= 15 is 0 Å². The van der Waals surface area contributed by atoms with Crippen LogP contribution in [0.25, 0.3) is 0 Å². The molecule has 1 aromatic rings. The number of carbonyl (C=O) groups is 2. The van der Waals surface area contributed by atoms with Crippen molar-refractivity contribution in [1.29, 1.82) is 0 Å². The number of piperazine rings is 1. The monoisotopic (exact) mass is 355 g/mol. The molecule has 2 rings (SSSR count). The predicted octanol–water partition coefficient (Wildman–Crippen LogP) is -0.498. The molecular formula is C15H21N3O5S. The van der Waals surface area contributed by atoms with Crippen molar-refractivity contribution in [3.8, 4) is 0 Å². The number of carbonyl (C=O) groups excluding carboxylic acids is 1. The number of rotatable bonds is 6. The van der Waals surface area contributed by atoms with E-state index in [0.29, 0.717) is 26.2 Å². The molecule has 9 heteroatoms. The molecule has 0 bridgehead atoms. The van der Waals surface area contributed by atoms with Crippen molar-refractivity contribution in [2.45, 2.75) is 11.8 Å². The zero-order valence-corrected chi connectivity index (χ0v) is 14.3. The second kappa shape index (κ2) is 7.73. The van der Waals surface area contributed by atoms with Crippen molar-refractivity contribution < 1.29 is 23.1 Å². The molecule has 2 N–H and O–H groups in total. The van der Waals surface area contributed by atoms with Crippen LogP contribution < -0.4 is 5.32 Å². The van der Waals surface area contributed by atoms with E-state index in [-0.39, 0.29) is 17.3 Å². The second-order valence-electron chi connectivity index (χ2n) is 5.66. The average molecular weight is 355 g/mol. The van der Waals surface area contributed by atoms with E-state index in [1.807, 2.05) is 6.92 Å². The van der Waals surface area contributed by atoms with Gasteiger partial charge in [-0.15, -0.1) is 0 Å². The Hall–Kier alpha value is -1.97. The molecular weight excluding hydrogens is 334 g/mol. The summed E-state index contributed by atoms with van der Waals surface area (Å²) in [5.74, 6) is -1.48. The number of nitrogens with one attached hydrogen (secondary N) is 1. The van der Waals surface area contributed by atoms with E-state index < -0.39 is 22.5 Å². The van der Waals surface area contributed by atoms with Gasteiger partial charge in [0.1, 0.15) is 6.54 Å². The van der Waals surface area contributed by atoms with Crippen LogP contribution in [0.15, 0.2) is 29.2 Å². The van der Waals surface area contributed by atoms with Crippen LogP contribution in [0, 0.1) is 6.92 Å². The maximum atomic E-state index is 12.6. The van der Waals surface area contributed by atoms with Crippen LogP contribution in [-0.4, -0.2) is 73.9 Å². The van der Waals surface area contributed by atoms with Crippen molar-refractivity contribution in [2.24, 2.45) is 0 Å². The highest BCUT2D eigenvalue weighted by Crippen LogP contribution is 2.18. The first-order valence-electron chi connectivity index (χ1n) is 7.57. The molecule has 0 spiro atoms. The summed E-state index contributed by atoms with van der Waals surface area (Å²) < 4.78 is 26.5. The molecule has 0 unspecified atom stereocenters. The van der Waals surface area contributed by atoms with Gasteiger partial charge in [0.15, 0.2) is 0 Å². The molecule has 1 aliphatic rings. The number of aliphatic carboxylic acids is 1. The molecule has 0 aliphatic carbocycles. The Labute approximate surface area is 141 Å². The number of carboxylic acid groups (broad SMARTS) is 1. The Morgan fingerprint density at radius 3 is 2.25 bits per heavy atom. The highest BCUT2D eigenvalue weighted by Gasteiger charge is 2.28. The van der Waals surface area contributed by atoms with Crippen LogP contribution in [0.4, 0.5) is 0 Å². The summed E-state index contributed by atoms with van der Waals surface area (Å²) in [7, 11) is -3.52. The third kappa shape index (κ3) is 4.76. The summed E-state index contributed by atoms with van der Waals surface area (Å²) in [4.78, 5) is 24.1. The van der Waals surface area contributed by atoms with Gasteiger partial charge in [0.2, 0.25) is 15.9 Å². The summed E-state index contributed by atoms with van der Waals surface area (Å²) in [6.07, 6.45) is 0. The summed E-state index contributed by atoms with van der Waals surface area (Å²) in [6, 6.07) is 6.71. The first-order valence-corrected chi connectivity index (χ1v) is 9.01. The first kappa shape index (κ1) is 18.4. The van der Waals surface area contributed by atoms with E-state index in [2.05, 4.69) is 5.32 Å². The number of carboxylic acids is 1. The van der Waals surface area contributed by atoms with Gasteiger partial charge >= 0.3 is 5.97 Å². The van der Waals surface area contributed by atoms with Gasteiger partial charge in [-0.3, -0.25) is 14.5 Å². The fourth-order valence-electron chi connectivity index (χ4n) is 2.42. The molecule has 0 saturated carbocycles. The summed E-state index contributed by atoms with van der Waals surface area (Å²) in [6.45, 7) is 2.97. The lowest BCUT2D eigenvalue weighted by molar-refractivity contribution is -0.138. The minimum absolute atomic E-state index is 0.0612. The summed E-state index contributed by atoms with van der Waals surface area (Å²) in [5, 5.41) is 10.8. The largest absolute Gasteiger partial charge is 0.480 e. The molecule has 8 nitrogen and oxygen atoms in total. The van der Waals surface area contributed by atoms with Crippen LogP contribution in [0.1, 0.15) is 5.56 Å².